The standard InChI is InChI=1S/C17H26N6OS.C12H16N2O3.C8H10ClN.CH5N.CH2O/c1-14-20-16(11-17(21-14)25-15(13-24)12-19-3)23-9-7-22(8-10-23)6-4-5-18-2;1-13-7-6-12(16)14-10-2-4-11(5-3-10)17-9-8-15;1-6-4-3-5-7(9)8(6)10-2;2*1-2/h11-13,18H,3-10H2,1-2H3;2-5,8,13H,6-7,9H2,1H3,(H,14,16);3-5,10H,1-2H3;2H2,1H3;1H2/b15-12-;;;;. The Morgan fingerprint density at radius 2 is 1.66 bits per heavy atom. The number of aryl methyl sites for hydroxylation is 2. The molecule has 0 spiro atoms. The quantitative estimate of drug-likeness (QED) is 0.0324. The molecule has 15 nitrogen and oxygen atoms in total. The van der Waals surface area contributed by atoms with Gasteiger partial charge in [0.1, 0.15) is 35.8 Å². The van der Waals surface area contributed by atoms with E-state index in [-0.39, 0.29) is 12.5 Å². The zero-order valence-electron chi connectivity index (χ0n) is 33.5. The van der Waals surface area contributed by atoms with E-state index in [1.165, 1.54) is 37.0 Å². The molecule has 308 valence electrons. The molecule has 1 fully saturated rings. The highest BCUT2D eigenvalue weighted by Crippen LogP contribution is 2.27. The van der Waals surface area contributed by atoms with Gasteiger partial charge in [0.2, 0.25) is 5.91 Å². The van der Waals surface area contributed by atoms with Crippen LogP contribution in [0.25, 0.3) is 0 Å². The zero-order valence-corrected chi connectivity index (χ0v) is 35.0. The van der Waals surface area contributed by atoms with E-state index in [9.17, 15) is 14.4 Å². The summed E-state index contributed by atoms with van der Waals surface area (Å²) in [4.78, 5) is 58.4. The molecule has 56 heavy (non-hydrogen) atoms. The number of aromatic nitrogens is 2. The predicted molar refractivity (Wildman–Crippen MR) is 232 cm³/mol. The maximum absolute atomic E-state index is 11.4. The fourth-order valence-electron chi connectivity index (χ4n) is 4.89. The summed E-state index contributed by atoms with van der Waals surface area (Å²) >= 11 is 7.15. The van der Waals surface area contributed by atoms with Crippen LogP contribution in [0.2, 0.25) is 5.02 Å². The molecule has 1 amide bonds. The molecule has 1 saturated heterocycles. The molecule has 2 aromatic carbocycles. The molecule has 0 bridgehead atoms. The summed E-state index contributed by atoms with van der Waals surface area (Å²) in [6.45, 7) is 16.1. The predicted octanol–water partition coefficient (Wildman–Crippen LogP) is 4.24. The van der Waals surface area contributed by atoms with E-state index >= 15 is 0 Å². The van der Waals surface area contributed by atoms with Gasteiger partial charge in [0.15, 0.2) is 12.6 Å². The Morgan fingerprint density at radius 3 is 2.20 bits per heavy atom. The molecular formula is C39H59ClN10O5S. The lowest BCUT2D eigenvalue weighted by Crippen LogP contribution is -2.47. The average Bonchev–Trinajstić information content (AvgIpc) is 3.22. The molecule has 0 radical (unpaired) electrons. The number of hydrogen-bond donors (Lipinski definition) is 5. The SMILES string of the molecule is C=N/C=C(/C=O)Sc1cc(N2CCN(CCCNC)CC2)nc(C)n1.C=O.CN.CNCCC(=O)Nc1ccc(OCC=O)cc1.CNc1c(C)cccc1Cl. The first kappa shape index (κ1) is 51.3. The monoisotopic (exact) mass is 814 g/mol. The molecule has 3 aromatic rings. The minimum atomic E-state index is -0.0408. The Kier molecular flexibility index (Phi) is 29.8. The molecular weight excluding hydrogens is 756 g/mol. The van der Waals surface area contributed by atoms with Gasteiger partial charge in [0, 0.05) is 64.1 Å². The summed E-state index contributed by atoms with van der Waals surface area (Å²) in [5, 5.41) is 13.4. The van der Waals surface area contributed by atoms with Gasteiger partial charge < -0.3 is 41.4 Å². The Labute approximate surface area is 341 Å². The van der Waals surface area contributed by atoms with Gasteiger partial charge in [-0.2, -0.15) is 0 Å². The first-order valence-corrected chi connectivity index (χ1v) is 19.0. The number of amides is 1. The number of halogens is 1. The van der Waals surface area contributed by atoms with Crippen LogP contribution in [0.1, 0.15) is 24.2 Å². The largest absolute Gasteiger partial charge is 0.486 e. The van der Waals surface area contributed by atoms with Crippen LogP contribution in [0.3, 0.4) is 0 Å². The lowest BCUT2D eigenvalue weighted by Gasteiger charge is -2.35. The lowest BCUT2D eigenvalue weighted by molar-refractivity contribution is -0.116. The molecule has 1 aliphatic rings. The maximum Gasteiger partial charge on any atom is 0.225 e. The van der Waals surface area contributed by atoms with Gasteiger partial charge in [0.05, 0.1) is 15.6 Å². The number of anilines is 3. The molecule has 0 saturated carbocycles. The van der Waals surface area contributed by atoms with Gasteiger partial charge in [-0.3, -0.25) is 24.3 Å². The summed E-state index contributed by atoms with van der Waals surface area (Å²) in [6.07, 6.45) is 4.49. The van der Waals surface area contributed by atoms with Crippen LogP contribution in [0.15, 0.2) is 69.7 Å². The third-order valence-corrected chi connectivity index (χ3v) is 8.66. The molecule has 0 unspecified atom stereocenters. The Bertz CT molecular complexity index is 1570. The summed E-state index contributed by atoms with van der Waals surface area (Å²) in [7, 11) is 7.15. The van der Waals surface area contributed by atoms with Gasteiger partial charge >= 0.3 is 0 Å². The number of piperazine rings is 1. The molecule has 2 heterocycles. The van der Waals surface area contributed by atoms with E-state index < -0.39 is 0 Å². The normalized spacial score (nSPS) is 12.0. The van der Waals surface area contributed by atoms with Crippen molar-refractivity contribution in [2.45, 2.75) is 31.7 Å². The van der Waals surface area contributed by atoms with Gasteiger partial charge in [-0.25, -0.2) is 9.97 Å². The number of rotatable bonds is 17. The Morgan fingerprint density at radius 1 is 1.00 bits per heavy atom. The molecule has 6 N–H and O–H groups in total. The first-order chi connectivity index (χ1) is 27.2. The van der Waals surface area contributed by atoms with Crippen molar-refractivity contribution in [3.8, 4) is 5.75 Å². The van der Waals surface area contributed by atoms with Crippen molar-refractivity contribution in [2.75, 3.05) is 96.1 Å². The number of ether oxygens (including phenoxy) is 1. The van der Waals surface area contributed by atoms with E-state index in [4.69, 9.17) is 21.1 Å². The van der Waals surface area contributed by atoms with Crippen LogP contribution in [0, 0.1) is 13.8 Å². The minimum absolute atomic E-state index is 0.0356. The summed E-state index contributed by atoms with van der Waals surface area (Å²) in [6, 6.07) is 14.7. The number of nitrogens with one attached hydrogen (secondary N) is 4. The second-order valence-corrected chi connectivity index (χ2v) is 12.9. The van der Waals surface area contributed by atoms with Crippen LogP contribution in [0.4, 0.5) is 17.2 Å². The number of nitrogens with two attached hydrogens (primary N) is 1. The third kappa shape index (κ3) is 21.4. The number of allylic oxidation sites excluding steroid dienone is 1. The fourth-order valence-corrected chi connectivity index (χ4v) is 5.96. The minimum Gasteiger partial charge on any atom is -0.486 e. The Balaban J connectivity index is 0.000000841. The van der Waals surface area contributed by atoms with E-state index in [0.717, 1.165) is 67.1 Å². The topological polar surface area (TPSA) is 196 Å². The molecule has 17 heteroatoms. The van der Waals surface area contributed by atoms with Gasteiger partial charge in [-0.1, -0.05) is 35.5 Å². The highest BCUT2D eigenvalue weighted by Gasteiger charge is 2.19. The van der Waals surface area contributed by atoms with Crippen LogP contribution in [-0.4, -0.2) is 127 Å². The number of carbonyl (C=O) groups excluding carboxylic acids is 4. The van der Waals surface area contributed by atoms with Crippen molar-refractivity contribution in [1.29, 1.82) is 0 Å². The molecule has 1 aromatic heterocycles. The van der Waals surface area contributed by atoms with E-state index in [1.807, 2.05) is 59.0 Å². The van der Waals surface area contributed by atoms with Crippen LogP contribution >= 0.6 is 23.4 Å². The number of para-hydroxylation sites is 1. The number of aliphatic imine (C=N–C) groups is 1. The van der Waals surface area contributed by atoms with Crippen LogP contribution in [-0.2, 0) is 19.2 Å². The average molecular weight is 815 g/mol. The summed E-state index contributed by atoms with van der Waals surface area (Å²) in [5.41, 5.74) is 7.41. The number of nitrogens with zero attached hydrogens (tertiary/aromatic N) is 5. The van der Waals surface area contributed by atoms with Crippen molar-refractivity contribution in [1.82, 2.24) is 25.5 Å². The van der Waals surface area contributed by atoms with Gasteiger partial charge in [-0.05, 0) is 97.1 Å². The smallest absolute Gasteiger partial charge is 0.225 e. The van der Waals surface area contributed by atoms with Crippen molar-refractivity contribution in [2.24, 2.45) is 10.7 Å². The lowest BCUT2D eigenvalue weighted by atomic mass is 10.2. The van der Waals surface area contributed by atoms with Crippen molar-refractivity contribution < 1.29 is 23.9 Å². The molecule has 1 aliphatic heterocycles. The molecule has 0 atom stereocenters. The number of thioether (sulfide) groups is 1. The fraction of sp³-hybridized carbons (Fsp3) is 0.410. The highest BCUT2D eigenvalue weighted by molar-refractivity contribution is 8.03. The highest BCUT2D eigenvalue weighted by atomic mass is 35.5. The number of carbonyl (C=O) groups is 4. The second kappa shape index (κ2) is 32.5. The van der Waals surface area contributed by atoms with Crippen molar-refractivity contribution in [3.05, 3.63) is 76.0 Å². The number of aldehydes is 2. The van der Waals surface area contributed by atoms with Crippen LogP contribution < -0.4 is 36.6 Å². The van der Waals surface area contributed by atoms with E-state index in [2.05, 4.69) is 58.5 Å². The molecule has 4 rings (SSSR count). The van der Waals surface area contributed by atoms with Gasteiger partial charge in [0.25, 0.3) is 0 Å². The summed E-state index contributed by atoms with van der Waals surface area (Å²) < 4.78 is 5.09. The third-order valence-electron chi connectivity index (χ3n) is 7.49. The van der Waals surface area contributed by atoms with Crippen molar-refractivity contribution in [3.63, 3.8) is 0 Å². The van der Waals surface area contributed by atoms with Gasteiger partial charge in [-0.15, -0.1) is 0 Å². The Hall–Kier alpha value is -4.71. The number of benzene rings is 2. The number of hydrogen-bond acceptors (Lipinski definition) is 15. The van der Waals surface area contributed by atoms with E-state index in [1.54, 1.807) is 31.3 Å². The maximum atomic E-state index is 11.4. The zero-order chi connectivity index (χ0) is 42.1. The first-order valence-electron chi connectivity index (χ1n) is 17.8. The van der Waals surface area contributed by atoms with Crippen molar-refractivity contribution >= 4 is 72.5 Å². The second-order valence-electron chi connectivity index (χ2n) is 11.4. The van der Waals surface area contributed by atoms with E-state index in [0.29, 0.717) is 41.4 Å². The molecule has 0 aliphatic carbocycles. The summed E-state index contributed by atoms with van der Waals surface area (Å²) in [5.74, 6) is 2.18. The van der Waals surface area contributed by atoms with Crippen LogP contribution in [0.5, 0.6) is 5.75 Å².